The number of aryl methyl sites for hydroxylation is 1. The van der Waals surface area contributed by atoms with Gasteiger partial charge in [-0.2, -0.15) is 5.10 Å². The van der Waals surface area contributed by atoms with Gasteiger partial charge in [0.2, 0.25) is 5.91 Å². The monoisotopic (exact) mass is 348 g/mol. The number of rotatable bonds is 4. The molecule has 2 saturated heterocycles. The van der Waals surface area contributed by atoms with E-state index in [1.807, 2.05) is 18.7 Å². The van der Waals surface area contributed by atoms with Gasteiger partial charge in [-0.25, -0.2) is 0 Å². The molecule has 7 nitrogen and oxygen atoms in total. The average Bonchev–Trinajstić information content (AvgIpc) is 3.00. The van der Waals surface area contributed by atoms with Crippen LogP contribution in [0.5, 0.6) is 0 Å². The van der Waals surface area contributed by atoms with Crippen molar-refractivity contribution in [3.8, 4) is 0 Å². The molecule has 3 heterocycles. The van der Waals surface area contributed by atoms with Crippen LogP contribution in [0.4, 0.5) is 0 Å². The predicted octanol–water partition coefficient (Wildman–Crippen LogP) is 1.33. The van der Waals surface area contributed by atoms with Gasteiger partial charge in [-0.15, -0.1) is 0 Å². The Balaban J connectivity index is 1.54. The lowest BCUT2D eigenvalue weighted by Gasteiger charge is -2.40. The van der Waals surface area contributed by atoms with E-state index in [0.29, 0.717) is 19.6 Å². The Bertz CT molecular complexity index is 622. The molecule has 2 aliphatic heterocycles. The number of carbonyl (C=O) groups excluding carboxylic acids is 2. The van der Waals surface area contributed by atoms with Crippen LogP contribution in [-0.2, 0) is 20.7 Å². The highest BCUT2D eigenvalue weighted by Gasteiger charge is 2.40. The van der Waals surface area contributed by atoms with Gasteiger partial charge in [-0.1, -0.05) is 0 Å². The van der Waals surface area contributed by atoms with Gasteiger partial charge in [0.15, 0.2) is 0 Å². The number of aromatic amines is 1. The van der Waals surface area contributed by atoms with Crippen molar-refractivity contribution in [3.05, 3.63) is 17.5 Å². The quantitative estimate of drug-likeness (QED) is 0.859. The smallest absolute Gasteiger partial charge is 0.254 e. The van der Waals surface area contributed by atoms with Gasteiger partial charge in [0.25, 0.3) is 5.91 Å². The van der Waals surface area contributed by atoms with Gasteiger partial charge < -0.3 is 15.0 Å². The Morgan fingerprint density at radius 1 is 1.44 bits per heavy atom. The van der Waals surface area contributed by atoms with Crippen LogP contribution in [0.25, 0.3) is 0 Å². The summed E-state index contributed by atoms with van der Waals surface area (Å²) in [5, 5.41) is 9.86. The van der Waals surface area contributed by atoms with Crippen molar-refractivity contribution in [2.75, 3.05) is 19.7 Å². The minimum absolute atomic E-state index is 0.00426. The molecule has 0 aromatic carbocycles. The van der Waals surface area contributed by atoms with Crippen molar-refractivity contribution in [1.29, 1.82) is 0 Å². The minimum Gasteiger partial charge on any atom is -0.365 e. The molecule has 2 amide bonds. The van der Waals surface area contributed by atoms with Crippen LogP contribution >= 0.6 is 0 Å². The maximum atomic E-state index is 12.9. The van der Waals surface area contributed by atoms with Crippen molar-refractivity contribution in [3.63, 3.8) is 0 Å². The maximum Gasteiger partial charge on any atom is 0.254 e. The molecule has 138 valence electrons. The van der Waals surface area contributed by atoms with Crippen LogP contribution in [0, 0.1) is 6.92 Å². The number of hydrogen-bond donors (Lipinski definition) is 2. The van der Waals surface area contributed by atoms with Gasteiger partial charge >= 0.3 is 0 Å². The summed E-state index contributed by atoms with van der Waals surface area (Å²) < 4.78 is 5.79. The highest BCUT2D eigenvalue weighted by molar-refractivity contribution is 5.85. The summed E-state index contributed by atoms with van der Waals surface area (Å²) in [4.78, 5) is 27.0. The lowest BCUT2D eigenvalue weighted by atomic mass is 9.93. The fourth-order valence-electron chi connectivity index (χ4n) is 3.72. The summed E-state index contributed by atoms with van der Waals surface area (Å²) in [6.07, 6.45) is 6.63. The number of hydrogen-bond acceptors (Lipinski definition) is 4. The number of likely N-dealkylation sites (tertiary alicyclic amines) is 1. The second-order valence-corrected chi connectivity index (χ2v) is 7.39. The predicted molar refractivity (Wildman–Crippen MR) is 93.0 cm³/mol. The molecule has 0 saturated carbocycles. The van der Waals surface area contributed by atoms with Crippen molar-refractivity contribution in [2.24, 2.45) is 0 Å². The molecule has 0 radical (unpaired) electrons. The molecule has 2 fully saturated rings. The third-order valence-electron chi connectivity index (χ3n) is 5.28. The van der Waals surface area contributed by atoms with Crippen molar-refractivity contribution in [2.45, 2.75) is 64.0 Å². The zero-order chi connectivity index (χ0) is 17.9. The molecule has 2 unspecified atom stereocenters. The molecular weight excluding hydrogens is 320 g/mol. The molecule has 1 aromatic rings. The number of ether oxygens (including phenoxy) is 1. The molecule has 1 aromatic heterocycles. The summed E-state index contributed by atoms with van der Waals surface area (Å²) in [6, 6.07) is 0.00426. The number of nitrogens with zero attached hydrogens (tertiary/aromatic N) is 2. The number of amides is 2. The number of carbonyl (C=O) groups is 2. The topological polar surface area (TPSA) is 87.3 Å². The molecule has 2 aliphatic rings. The van der Waals surface area contributed by atoms with Crippen LogP contribution < -0.4 is 5.32 Å². The molecular formula is C18H28N4O3. The molecule has 2 atom stereocenters. The van der Waals surface area contributed by atoms with Crippen LogP contribution in [-0.4, -0.2) is 58.3 Å². The third kappa shape index (κ3) is 4.21. The highest BCUT2D eigenvalue weighted by Crippen LogP contribution is 2.28. The summed E-state index contributed by atoms with van der Waals surface area (Å²) >= 11 is 0. The number of aromatic nitrogens is 2. The van der Waals surface area contributed by atoms with E-state index in [9.17, 15) is 9.59 Å². The molecule has 2 N–H and O–H groups in total. The lowest BCUT2D eigenvalue weighted by Crippen LogP contribution is -2.56. The fraction of sp³-hybridized carbons (Fsp3) is 0.722. The van der Waals surface area contributed by atoms with Crippen LogP contribution in [0.2, 0.25) is 0 Å². The summed E-state index contributed by atoms with van der Waals surface area (Å²) in [5.41, 5.74) is 1.13. The average molecular weight is 348 g/mol. The summed E-state index contributed by atoms with van der Waals surface area (Å²) in [6.45, 7) is 5.76. The first-order valence-corrected chi connectivity index (χ1v) is 9.19. The molecule has 3 rings (SSSR count). The molecule has 25 heavy (non-hydrogen) atoms. The first kappa shape index (κ1) is 17.9. The Hall–Kier alpha value is -1.89. The third-order valence-corrected chi connectivity index (χ3v) is 5.28. The van der Waals surface area contributed by atoms with E-state index in [1.54, 1.807) is 6.20 Å². The van der Waals surface area contributed by atoms with E-state index < -0.39 is 5.60 Å². The Morgan fingerprint density at radius 3 is 2.96 bits per heavy atom. The van der Waals surface area contributed by atoms with Crippen molar-refractivity contribution < 1.29 is 14.3 Å². The largest absolute Gasteiger partial charge is 0.365 e. The number of H-pyrrole nitrogens is 1. The van der Waals surface area contributed by atoms with Crippen molar-refractivity contribution >= 4 is 11.8 Å². The van der Waals surface area contributed by atoms with Crippen LogP contribution in [0.3, 0.4) is 0 Å². The van der Waals surface area contributed by atoms with E-state index in [2.05, 4.69) is 15.5 Å². The summed E-state index contributed by atoms with van der Waals surface area (Å²) in [5.74, 6) is 0.0424. The first-order chi connectivity index (χ1) is 12.0. The molecule has 0 bridgehead atoms. The second-order valence-electron chi connectivity index (χ2n) is 7.39. The van der Waals surface area contributed by atoms with E-state index in [4.69, 9.17) is 4.74 Å². The van der Waals surface area contributed by atoms with Crippen molar-refractivity contribution in [1.82, 2.24) is 20.4 Å². The van der Waals surface area contributed by atoms with Crippen LogP contribution in [0.1, 0.15) is 50.3 Å². The Kier molecular flexibility index (Phi) is 5.42. The number of piperidine rings is 1. The van der Waals surface area contributed by atoms with E-state index in [-0.39, 0.29) is 17.9 Å². The van der Waals surface area contributed by atoms with Gasteiger partial charge in [0, 0.05) is 37.0 Å². The molecule has 7 heteroatoms. The van der Waals surface area contributed by atoms with Gasteiger partial charge in [-0.05, 0) is 46.0 Å². The minimum atomic E-state index is -0.696. The zero-order valence-electron chi connectivity index (χ0n) is 15.1. The summed E-state index contributed by atoms with van der Waals surface area (Å²) in [7, 11) is 0. The SMILES string of the molecule is Cc1[nH]ncc1CC(=O)NC1CCCN(C(=O)C2(C)CCCCO2)C1. The maximum absolute atomic E-state index is 12.9. The molecule has 0 aliphatic carbocycles. The second kappa shape index (κ2) is 7.56. The zero-order valence-corrected chi connectivity index (χ0v) is 15.1. The van der Waals surface area contributed by atoms with Gasteiger partial charge in [0.05, 0.1) is 12.6 Å². The van der Waals surface area contributed by atoms with E-state index in [0.717, 1.165) is 49.9 Å². The van der Waals surface area contributed by atoms with Gasteiger partial charge in [-0.3, -0.25) is 14.7 Å². The fourth-order valence-corrected chi connectivity index (χ4v) is 3.72. The van der Waals surface area contributed by atoms with E-state index >= 15 is 0 Å². The van der Waals surface area contributed by atoms with E-state index in [1.165, 1.54) is 0 Å². The standard InChI is InChI=1S/C18H28N4O3/c1-13-14(11-19-21-13)10-16(23)20-15-6-5-8-22(12-15)17(24)18(2)7-3-4-9-25-18/h11,15H,3-10,12H2,1-2H3,(H,19,21)(H,20,23). The Labute approximate surface area is 148 Å². The Morgan fingerprint density at radius 2 is 2.28 bits per heavy atom. The lowest BCUT2D eigenvalue weighted by molar-refractivity contribution is -0.163. The molecule has 0 spiro atoms. The van der Waals surface area contributed by atoms with Crippen LogP contribution in [0.15, 0.2) is 6.20 Å². The first-order valence-electron chi connectivity index (χ1n) is 9.19. The number of nitrogens with one attached hydrogen (secondary N) is 2. The highest BCUT2D eigenvalue weighted by atomic mass is 16.5. The normalized spacial score (nSPS) is 27.1. The van der Waals surface area contributed by atoms with Gasteiger partial charge in [0.1, 0.15) is 5.60 Å².